The number of carboxylic acids is 1. The molecule has 0 aliphatic carbocycles. The summed E-state index contributed by atoms with van der Waals surface area (Å²) in [5, 5.41) is 8.60. The molecule has 0 aliphatic heterocycles. The normalized spacial score (nSPS) is 10.5. The van der Waals surface area contributed by atoms with Crippen molar-refractivity contribution in [3.05, 3.63) is 29.1 Å². The molecule has 0 aromatic heterocycles. The number of hydrogen-bond acceptors (Lipinski definition) is 2. The fraction of sp³-hybridized carbons (Fsp3) is 0.222. The van der Waals surface area contributed by atoms with E-state index >= 15 is 0 Å². The van der Waals surface area contributed by atoms with Crippen molar-refractivity contribution < 1.29 is 27.8 Å². The van der Waals surface area contributed by atoms with Gasteiger partial charge in [0.05, 0.1) is 0 Å². The number of rotatable bonds is 3. The highest BCUT2D eigenvalue weighted by molar-refractivity contribution is 5.91. The number of carbonyl (C=O) groups is 1. The van der Waals surface area contributed by atoms with E-state index in [1.54, 1.807) is 0 Å². The van der Waals surface area contributed by atoms with Crippen molar-refractivity contribution in [3.63, 3.8) is 0 Å². The maximum absolute atomic E-state index is 13.0. The van der Waals surface area contributed by atoms with E-state index < -0.39 is 29.7 Å². The minimum absolute atomic E-state index is 0.0376. The van der Waals surface area contributed by atoms with Gasteiger partial charge in [0.1, 0.15) is 17.1 Å². The van der Waals surface area contributed by atoms with Crippen LogP contribution in [0, 0.1) is 12.7 Å². The van der Waals surface area contributed by atoms with Crippen LogP contribution in [0.2, 0.25) is 0 Å². The first-order chi connectivity index (χ1) is 6.91. The van der Waals surface area contributed by atoms with Gasteiger partial charge < -0.3 is 9.84 Å². The highest BCUT2D eigenvalue weighted by atomic mass is 19.3. The zero-order chi connectivity index (χ0) is 11.6. The summed E-state index contributed by atoms with van der Waals surface area (Å²) in [4.78, 5) is 10.6. The predicted molar refractivity (Wildman–Crippen MR) is 44.7 cm³/mol. The van der Waals surface area contributed by atoms with Crippen LogP contribution in [-0.2, 0) is 0 Å². The third-order valence-electron chi connectivity index (χ3n) is 1.71. The molecule has 0 amide bonds. The molecule has 0 heterocycles. The van der Waals surface area contributed by atoms with E-state index in [9.17, 15) is 18.0 Å². The molecule has 0 saturated carbocycles. The molecular weight excluding hydrogens is 213 g/mol. The fourth-order valence-electron chi connectivity index (χ4n) is 1.02. The SMILES string of the molecule is Cc1cc(OC(F)F)c(C(=O)O)cc1F. The Balaban J connectivity index is 3.22. The van der Waals surface area contributed by atoms with Crippen LogP contribution in [0.25, 0.3) is 0 Å². The average Bonchev–Trinajstić information content (AvgIpc) is 2.09. The van der Waals surface area contributed by atoms with Crippen LogP contribution < -0.4 is 4.74 Å². The second-order valence-electron chi connectivity index (χ2n) is 2.78. The second kappa shape index (κ2) is 4.20. The molecule has 0 bridgehead atoms. The van der Waals surface area contributed by atoms with Crippen LogP contribution in [0.4, 0.5) is 13.2 Å². The summed E-state index contributed by atoms with van der Waals surface area (Å²) in [5.41, 5.74) is -0.589. The molecule has 1 N–H and O–H groups in total. The first-order valence-electron chi connectivity index (χ1n) is 3.90. The average molecular weight is 220 g/mol. The van der Waals surface area contributed by atoms with E-state index in [1.807, 2.05) is 0 Å². The quantitative estimate of drug-likeness (QED) is 0.850. The minimum Gasteiger partial charge on any atom is -0.478 e. The highest BCUT2D eigenvalue weighted by Crippen LogP contribution is 2.24. The lowest BCUT2D eigenvalue weighted by atomic mass is 10.1. The van der Waals surface area contributed by atoms with E-state index in [0.717, 1.165) is 6.07 Å². The van der Waals surface area contributed by atoms with Crippen LogP contribution in [0.5, 0.6) is 5.75 Å². The molecule has 0 spiro atoms. The predicted octanol–water partition coefficient (Wildman–Crippen LogP) is 2.43. The minimum atomic E-state index is -3.15. The third kappa shape index (κ3) is 2.61. The van der Waals surface area contributed by atoms with E-state index in [2.05, 4.69) is 4.74 Å². The molecule has 0 atom stereocenters. The fourth-order valence-corrected chi connectivity index (χ4v) is 1.02. The number of carboxylic acid groups (broad SMARTS) is 1. The first kappa shape index (κ1) is 11.4. The Bertz CT molecular complexity index is 390. The topological polar surface area (TPSA) is 46.5 Å². The Morgan fingerprint density at radius 2 is 2.07 bits per heavy atom. The third-order valence-corrected chi connectivity index (χ3v) is 1.71. The summed E-state index contributed by atoms with van der Waals surface area (Å²) in [6.07, 6.45) is 0. The number of halogens is 3. The Hall–Kier alpha value is -1.72. The molecule has 1 aromatic rings. The number of ether oxygens (including phenoxy) is 1. The van der Waals surface area contributed by atoms with Gasteiger partial charge in [-0.3, -0.25) is 0 Å². The number of alkyl halides is 2. The second-order valence-corrected chi connectivity index (χ2v) is 2.78. The van der Waals surface area contributed by atoms with Gasteiger partial charge in [0, 0.05) is 0 Å². The summed E-state index contributed by atoms with van der Waals surface area (Å²) in [7, 11) is 0. The standard InChI is InChI=1S/C9H7F3O3/c1-4-2-7(15-9(11)12)5(8(13)14)3-6(4)10/h2-3,9H,1H3,(H,13,14). The van der Waals surface area contributed by atoms with Crippen molar-refractivity contribution in [1.29, 1.82) is 0 Å². The number of benzene rings is 1. The zero-order valence-corrected chi connectivity index (χ0v) is 7.63. The summed E-state index contributed by atoms with van der Waals surface area (Å²) in [6, 6.07) is 1.57. The number of hydrogen-bond donors (Lipinski definition) is 1. The van der Waals surface area contributed by atoms with Gasteiger partial charge >= 0.3 is 12.6 Å². The Labute approximate surface area is 83.1 Å². The van der Waals surface area contributed by atoms with E-state index in [0.29, 0.717) is 6.07 Å². The van der Waals surface area contributed by atoms with Crippen LogP contribution in [0.3, 0.4) is 0 Å². The van der Waals surface area contributed by atoms with Crippen molar-refractivity contribution in [1.82, 2.24) is 0 Å². The molecule has 0 saturated heterocycles. The molecule has 0 fully saturated rings. The van der Waals surface area contributed by atoms with E-state index in [-0.39, 0.29) is 5.56 Å². The van der Waals surface area contributed by atoms with Gasteiger partial charge in [0.2, 0.25) is 0 Å². The summed E-state index contributed by atoms with van der Waals surface area (Å²) >= 11 is 0. The van der Waals surface area contributed by atoms with Crippen molar-refractivity contribution in [3.8, 4) is 5.75 Å². The molecule has 3 nitrogen and oxygen atoms in total. The Kier molecular flexibility index (Phi) is 3.18. The number of aromatic carboxylic acids is 1. The van der Waals surface area contributed by atoms with Gasteiger partial charge in [0.15, 0.2) is 0 Å². The molecule has 15 heavy (non-hydrogen) atoms. The summed E-state index contributed by atoms with van der Waals surface area (Å²) < 4.78 is 40.7. The van der Waals surface area contributed by atoms with Crippen molar-refractivity contribution in [2.75, 3.05) is 0 Å². The highest BCUT2D eigenvalue weighted by Gasteiger charge is 2.17. The lowest BCUT2D eigenvalue weighted by Gasteiger charge is -2.09. The van der Waals surface area contributed by atoms with Gasteiger partial charge in [-0.25, -0.2) is 9.18 Å². The summed E-state index contributed by atoms with van der Waals surface area (Å²) in [5.74, 6) is -2.85. The zero-order valence-electron chi connectivity index (χ0n) is 7.63. The molecule has 0 aliphatic rings. The van der Waals surface area contributed by atoms with Crippen molar-refractivity contribution in [2.45, 2.75) is 13.5 Å². The van der Waals surface area contributed by atoms with Gasteiger partial charge in [-0.15, -0.1) is 0 Å². The summed E-state index contributed by atoms with van der Waals surface area (Å²) in [6.45, 7) is -1.83. The van der Waals surface area contributed by atoms with Crippen molar-refractivity contribution in [2.24, 2.45) is 0 Å². The molecule has 0 unspecified atom stereocenters. The van der Waals surface area contributed by atoms with Gasteiger partial charge in [0.25, 0.3) is 0 Å². The van der Waals surface area contributed by atoms with E-state index in [4.69, 9.17) is 5.11 Å². The molecular formula is C9H7F3O3. The van der Waals surface area contributed by atoms with Crippen LogP contribution >= 0.6 is 0 Å². The Morgan fingerprint density at radius 1 is 1.47 bits per heavy atom. The maximum atomic E-state index is 13.0. The van der Waals surface area contributed by atoms with Gasteiger partial charge in [-0.1, -0.05) is 0 Å². The van der Waals surface area contributed by atoms with Crippen LogP contribution in [0.1, 0.15) is 15.9 Å². The lowest BCUT2D eigenvalue weighted by molar-refractivity contribution is -0.0504. The van der Waals surface area contributed by atoms with E-state index in [1.165, 1.54) is 6.92 Å². The molecule has 82 valence electrons. The molecule has 0 radical (unpaired) electrons. The molecule has 1 rings (SSSR count). The Morgan fingerprint density at radius 3 is 2.53 bits per heavy atom. The lowest BCUT2D eigenvalue weighted by Crippen LogP contribution is -2.08. The van der Waals surface area contributed by atoms with Crippen LogP contribution in [-0.4, -0.2) is 17.7 Å². The monoisotopic (exact) mass is 220 g/mol. The smallest absolute Gasteiger partial charge is 0.387 e. The van der Waals surface area contributed by atoms with Crippen LogP contribution in [0.15, 0.2) is 12.1 Å². The van der Waals surface area contributed by atoms with Crippen molar-refractivity contribution >= 4 is 5.97 Å². The largest absolute Gasteiger partial charge is 0.478 e. The number of aryl methyl sites for hydroxylation is 1. The molecule has 6 heteroatoms. The van der Waals surface area contributed by atoms with Gasteiger partial charge in [-0.2, -0.15) is 8.78 Å². The maximum Gasteiger partial charge on any atom is 0.387 e. The molecule has 1 aromatic carbocycles. The van der Waals surface area contributed by atoms with Gasteiger partial charge in [-0.05, 0) is 24.6 Å². The first-order valence-corrected chi connectivity index (χ1v) is 3.90.